The van der Waals surface area contributed by atoms with E-state index in [-0.39, 0.29) is 0 Å². The SMILES string of the molecule is CN1CCCC1CNc1n[nH]c(-c2ccc(Cl)cc2)c1-c1ccncc1. The van der Waals surface area contributed by atoms with Crippen LogP contribution in [-0.4, -0.2) is 46.3 Å². The number of nitrogens with zero attached hydrogens (tertiary/aromatic N) is 3. The Balaban J connectivity index is 1.68. The molecule has 1 aromatic carbocycles. The molecule has 1 fully saturated rings. The maximum Gasteiger partial charge on any atom is 0.156 e. The second kappa shape index (κ2) is 7.48. The minimum Gasteiger partial charge on any atom is -0.366 e. The van der Waals surface area contributed by atoms with Crippen LogP contribution >= 0.6 is 11.6 Å². The molecule has 2 N–H and O–H groups in total. The van der Waals surface area contributed by atoms with Crippen molar-refractivity contribution in [3.8, 4) is 22.4 Å². The summed E-state index contributed by atoms with van der Waals surface area (Å²) in [6.07, 6.45) is 6.10. The first-order valence-electron chi connectivity index (χ1n) is 8.91. The zero-order valence-electron chi connectivity index (χ0n) is 14.7. The highest BCUT2D eigenvalue weighted by Gasteiger charge is 2.22. The van der Waals surface area contributed by atoms with E-state index in [1.54, 1.807) is 0 Å². The van der Waals surface area contributed by atoms with Gasteiger partial charge >= 0.3 is 0 Å². The average molecular weight is 368 g/mol. The fourth-order valence-electron chi connectivity index (χ4n) is 3.55. The van der Waals surface area contributed by atoms with Gasteiger partial charge in [0, 0.05) is 35.6 Å². The van der Waals surface area contributed by atoms with E-state index in [0.29, 0.717) is 6.04 Å². The summed E-state index contributed by atoms with van der Waals surface area (Å²) in [4.78, 5) is 6.55. The normalized spacial score (nSPS) is 17.5. The van der Waals surface area contributed by atoms with Crippen LogP contribution in [0.4, 0.5) is 5.82 Å². The third kappa shape index (κ3) is 3.45. The van der Waals surface area contributed by atoms with Crippen molar-refractivity contribution >= 4 is 17.4 Å². The van der Waals surface area contributed by atoms with Gasteiger partial charge in [0.2, 0.25) is 0 Å². The van der Waals surface area contributed by atoms with Crippen LogP contribution in [0.3, 0.4) is 0 Å². The maximum atomic E-state index is 6.05. The third-order valence-corrected chi connectivity index (χ3v) is 5.30. The monoisotopic (exact) mass is 367 g/mol. The fourth-order valence-corrected chi connectivity index (χ4v) is 3.67. The number of anilines is 1. The highest BCUT2D eigenvalue weighted by Crippen LogP contribution is 2.36. The van der Waals surface area contributed by atoms with Gasteiger partial charge in [0.05, 0.1) is 11.3 Å². The van der Waals surface area contributed by atoms with Crippen LogP contribution < -0.4 is 5.32 Å². The van der Waals surface area contributed by atoms with Crippen molar-refractivity contribution in [2.45, 2.75) is 18.9 Å². The maximum absolute atomic E-state index is 6.05. The Kier molecular flexibility index (Phi) is 4.91. The Morgan fingerprint density at radius 2 is 1.92 bits per heavy atom. The molecule has 5 nitrogen and oxygen atoms in total. The van der Waals surface area contributed by atoms with E-state index in [1.807, 2.05) is 48.8 Å². The summed E-state index contributed by atoms with van der Waals surface area (Å²) in [5.74, 6) is 0.876. The summed E-state index contributed by atoms with van der Waals surface area (Å²) in [6, 6.07) is 12.4. The van der Waals surface area contributed by atoms with Gasteiger partial charge in [0.25, 0.3) is 0 Å². The lowest BCUT2D eigenvalue weighted by Crippen LogP contribution is -2.31. The molecule has 1 aliphatic rings. The van der Waals surface area contributed by atoms with Crippen LogP contribution in [0.5, 0.6) is 0 Å². The van der Waals surface area contributed by atoms with Crippen molar-refractivity contribution < 1.29 is 0 Å². The van der Waals surface area contributed by atoms with Gasteiger partial charge in [-0.15, -0.1) is 0 Å². The highest BCUT2D eigenvalue weighted by atomic mass is 35.5. The molecule has 0 spiro atoms. The van der Waals surface area contributed by atoms with Gasteiger partial charge in [-0.1, -0.05) is 23.7 Å². The number of hydrogen-bond acceptors (Lipinski definition) is 4. The molecule has 2 aromatic heterocycles. The largest absolute Gasteiger partial charge is 0.366 e. The van der Waals surface area contributed by atoms with Crippen LogP contribution in [0.1, 0.15) is 12.8 Å². The molecular formula is C20H22ClN5. The van der Waals surface area contributed by atoms with Gasteiger partial charge < -0.3 is 10.2 Å². The molecule has 134 valence electrons. The van der Waals surface area contributed by atoms with Gasteiger partial charge in [-0.3, -0.25) is 10.1 Å². The molecule has 3 heterocycles. The van der Waals surface area contributed by atoms with E-state index in [9.17, 15) is 0 Å². The number of hydrogen-bond donors (Lipinski definition) is 2. The number of aromatic amines is 1. The number of nitrogens with one attached hydrogen (secondary N) is 2. The predicted octanol–water partition coefficient (Wildman–Crippen LogP) is 4.30. The molecule has 4 rings (SSSR count). The van der Waals surface area contributed by atoms with Crippen molar-refractivity contribution in [1.82, 2.24) is 20.1 Å². The van der Waals surface area contributed by atoms with Crippen LogP contribution in [0.15, 0.2) is 48.8 Å². The lowest BCUT2D eigenvalue weighted by molar-refractivity contribution is 0.322. The van der Waals surface area contributed by atoms with Gasteiger partial charge in [-0.25, -0.2) is 0 Å². The summed E-state index contributed by atoms with van der Waals surface area (Å²) in [5.41, 5.74) is 4.19. The van der Waals surface area contributed by atoms with Crippen molar-refractivity contribution in [1.29, 1.82) is 0 Å². The van der Waals surface area contributed by atoms with Gasteiger partial charge in [-0.2, -0.15) is 5.10 Å². The van der Waals surface area contributed by atoms with Gasteiger partial charge in [0.15, 0.2) is 5.82 Å². The van der Waals surface area contributed by atoms with Crippen molar-refractivity contribution in [3.63, 3.8) is 0 Å². The van der Waals surface area contributed by atoms with Gasteiger partial charge in [-0.05, 0) is 56.3 Å². The molecule has 1 aliphatic heterocycles. The number of likely N-dealkylation sites (N-methyl/N-ethyl adjacent to an activating group) is 1. The van der Waals surface area contributed by atoms with Crippen molar-refractivity contribution in [2.75, 3.05) is 25.5 Å². The molecule has 0 bridgehead atoms. The molecule has 1 atom stereocenters. The van der Waals surface area contributed by atoms with Crippen LogP contribution in [0.25, 0.3) is 22.4 Å². The number of pyridine rings is 1. The predicted molar refractivity (Wildman–Crippen MR) is 106 cm³/mol. The quantitative estimate of drug-likeness (QED) is 0.706. The zero-order valence-corrected chi connectivity index (χ0v) is 15.5. The van der Waals surface area contributed by atoms with Crippen LogP contribution in [-0.2, 0) is 0 Å². The van der Waals surface area contributed by atoms with E-state index >= 15 is 0 Å². The van der Waals surface area contributed by atoms with Crippen molar-refractivity contribution in [2.24, 2.45) is 0 Å². The van der Waals surface area contributed by atoms with Gasteiger partial charge in [0.1, 0.15) is 0 Å². The van der Waals surface area contributed by atoms with E-state index in [2.05, 4.69) is 32.4 Å². The standard InChI is InChI=1S/C20H22ClN5/c1-26-12-2-3-17(26)13-23-20-18(14-8-10-22-11-9-14)19(24-25-20)15-4-6-16(21)7-5-15/h4-11,17H,2-3,12-13H2,1H3,(H2,23,24,25). The second-order valence-corrected chi connectivity index (χ2v) is 7.16. The molecule has 0 aliphatic carbocycles. The lowest BCUT2D eigenvalue weighted by Gasteiger charge is -2.20. The number of rotatable bonds is 5. The Morgan fingerprint density at radius 3 is 2.62 bits per heavy atom. The lowest BCUT2D eigenvalue weighted by atomic mass is 10.0. The molecule has 1 unspecified atom stereocenters. The Hall–Kier alpha value is -2.37. The van der Waals surface area contributed by atoms with Crippen molar-refractivity contribution in [3.05, 3.63) is 53.8 Å². The molecule has 1 saturated heterocycles. The average Bonchev–Trinajstić information content (AvgIpc) is 3.27. The van der Waals surface area contributed by atoms with Crippen LogP contribution in [0.2, 0.25) is 5.02 Å². The molecular weight excluding hydrogens is 346 g/mol. The molecule has 0 amide bonds. The number of benzene rings is 1. The minimum atomic E-state index is 0.552. The van der Waals surface area contributed by atoms with E-state index < -0.39 is 0 Å². The minimum absolute atomic E-state index is 0.552. The zero-order chi connectivity index (χ0) is 17.9. The van der Waals surface area contributed by atoms with Crippen LogP contribution in [0, 0.1) is 0 Å². The molecule has 6 heteroatoms. The summed E-state index contributed by atoms with van der Waals surface area (Å²) < 4.78 is 0. The first-order valence-corrected chi connectivity index (χ1v) is 9.29. The molecule has 26 heavy (non-hydrogen) atoms. The Labute approximate surface area is 158 Å². The van der Waals surface area contributed by atoms with E-state index in [4.69, 9.17) is 11.6 Å². The number of likely N-dealkylation sites (tertiary alicyclic amines) is 1. The molecule has 3 aromatic rings. The Morgan fingerprint density at radius 1 is 1.15 bits per heavy atom. The summed E-state index contributed by atoms with van der Waals surface area (Å²) in [7, 11) is 2.19. The second-order valence-electron chi connectivity index (χ2n) is 6.72. The van der Waals surface area contributed by atoms with E-state index in [0.717, 1.165) is 39.8 Å². The summed E-state index contributed by atoms with van der Waals surface area (Å²) in [5, 5.41) is 12.1. The topological polar surface area (TPSA) is 56.8 Å². The molecule has 0 radical (unpaired) electrons. The first-order chi connectivity index (χ1) is 12.7. The van der Waals surface area contributed by atoms with E-state index in [1.165, 1.54) is 19.4 Å². The summed E-state index contributed by atoms with van der Waals surface area (Å²) >= 11 is 6.05. The highest BCUT2D eigenvalue weighted by molar-refractivity contribution is 6.30. The fraction of sp³-hybridized carbons (Fsp3) is 0.300. The number of halogens is 1. The number of H-pyrrole nitrogens is 1. The number of aromatic nitrogens is 3. The summed E-state index contributed by atoms with van der Waals surface area (Å²) in [6.45, 7) is 2.06. The first kappa shape index (κ1) is 17.1. The smallest absolute Gasteiger partial charge is 0.156 e. The third-order valence-electron chi connectivity index (χ3n) is 5.04. The Bertz CT molecular complexity index is 860. The molecule has 0 saturated carbocycles.